The van der Waals surface area contributed by atoms with Crippen molar-refractivity contribution in [1.82, 2.24) is 24.8 Å². The van der Waals surface area contributed by atoms with E-state index in [-0.39, 0.29) is 35.1 Å². The Balaban J connectivity index is 1.21. The van der Waals surface area contributed by atoms with Crippen molar-refractivity contribution in [2.24, 2.45) is 0 Å². The molecule has 2 atom stereocenters. The van der Waals surface area contributed by atoms with Crippen LogP contribution in [0.1, 0.15) is 38.5 Å². The average Bonchev–Trinajstić information content (AvgIpc) is 3.57. The van der Waals surface area contributed by atoms with E-state index in [4.69, 9.17) is 14.5 Å². The minimum atomic E-state index is -0.884. The Morgan fingerprint density at radius 1 is 1.02 bits per heavy atom. The van der Waals surface area contributed by atoms with Crippen LogP contribution in [0.2, 0.25) is 0 Å². The van der Waals surface area contributed by atoms with Crippen molar-refractivity contribution in [3.63, 3.8) is 0 Å². The van der Waals surface area contributed by atoms with Crippen molar-refractivity contribution in [1.29, 1.82) is 0 Å². The molecule has 9 nitrogen and oxygen atoms in total. The van der Waals surface area contributed by atoms with Crippen LogP contribution in [-0.4, -0.2) is 107 Å². The zero-order chi connectivity index (χ0) is 31.5. The Morgan fingerprint density at radius 3 is 2.63 bits per heavy atom. The summed E-state index contributed by atoms with van der Waals surface area (Å²) in [5.74, 6) is -0.0278. The molecule has 46 heavy (non-hydrogen) atoms. The molecule has 2 aromatic carbocycles. The fourth-order valence-electron chi connectivity index (χ4n) is 8.42. The van der Waals surface area contributed by atoms with Gasteiger partial charge < -0.3 is 19.5 Å². The van der Waals surface area contributed by atoms with Gasteiger partial charge in [0.25, 0.3) is 0 Å². The van der Waals surface area contributed by atoms with Crippen molar-refractivity contribution in [2.45, 2.75) is 55.8 Å². The molecule has 11 heteroatoms. The van der Waals surface area contributed by atoms with Gasteiger partial charge in [0.05, 0.1) is 24.1 Å². The van der Waals surface area contributed by atoms with E-state index in [9.17, 15) is 9.50 Å². The molecule has 1 aliphatic carbocycles. The van der Waals surface area contributed by atoms with Crippen molar-refractivity contribution < 1.29 is 23.4 Å². The summed E-state index contributed by atoms with van der Waals surface area (Å²) in [4.78, 5) is 20.9. The van der Waals surface area contributed by atoms with Gasteiger partial charge in [0, 0.05) is 56.9 Å². The number of pyridine rings is 1. The Kier molecular flexibility index (Phi) is 7.45. The minimum Gasteiger partial charge on any atom is -0.508 e. The van der Waals surface area contributed by atoms with E-state index in [0.717, 1.165) is 75.7 Å². The molecule has 1 saturated carbocycles. The quantitative estimate of drug-likeness (QED) is 0.278. The van der Waals surface area contributed by atoms with Gasteiger partial charge in [0.15, 0.2) is 5.82 Å². The third-order valence-electron chi connectivity index (χ3n) is 10.8. The van der Waals surface area contributed by atoms with Gasteiger partial charge in [-0.05, 0) is 61.6 Å². The number of hydrogen-bond donors (Lipinski definition) is 1. The van der Waals surface area contributed by atoms with Crippen molar-refractivity contribution in [3.8, 4) is 23.0 Å². The van der Waals surface area contributed by atoms with E-state index in [1.165, 1.54) is 6.07 Å². The number of hydrogen-bond acceptors (Lipinski definition) is 9. The molecule has 5 heterocycles. The number of morpholine rings is 1. The summed E-state index contributed by atoms with van der Waals surface area (Å²) in [5, 5.41) is 12.5. The summed E-state index contributed by atoms with van der Waals surface area (Å²) in [6.07, 6.45) is 6.33. The van der Waals surface area contributed by atoms with E-state index in [2.05, 4.69) is 24.7 Å². The number of ether oxygens (including phenoxy) is 2. The topological polar surface area (TPSA) is 87.1 Å². The predicted molar refractivity (Wildman–Crippen MR) is 173 cm³/mol. The molecule has 0 spiro atoms. The molecule has 2 aromatic heterocycles. The van der Waals surface area contributed by atoms with E-state index in [0.29, 0.717) is 36.3 Å². The fourth-order valence-corrected chi connectivity index (χ4v) is 8.42. The Morgan fingerprint density at radius 2 is 1.83 bits per heavy atom. The van der Waals surface area contributed by atoms with Gasteiger partial charge in [-0.25, -0.2) is 8.78 Å². The smallest absolute Gasteiger partial charge is 0.319 e. The van der Waals surface area contributed by atoms with Gasteiger partial charge in [-0.1, -0.05) is 24.3 Å². The average molecular weight is 631 g/mol. The molecule has 0 unspecified atom stereocenters. The summed E-state index contributed by atoms with van der Waals surface area (Å²) in [6, 6.07) is 10.8. The van der Waals surface area contributed by atoms with Gasteiger partial charge >= 0.3 is 6.01 Å². The molecule has 8 rings (SSSR count). The van der Waals surface area contributed by atoms with Crippen molar-refractivity contribution in [2.75, 3.05) is 64.5 Å². The second kappa shape index (κ2) is 11.5. The number of phenolic OH excluding ortho intramolecular Hbond substituents is 1. The van der Waals surface area contributed by atoms with Crippen molar-refractivity contribution >= 4 is 27.5 Å². The highest BCUT2D eigenvalue weighted by Crippen LogP contribution is 2.43. The van der Waals surface area contributed by atoms with Gasteiger partial charge in [-0.2, -0.15) is 9.97 Å². The van der Waals surface area contributed by atoms with Gasteiger partial charge in [0.1, 0.15) is 35.6 Å². The number of nitrogens with zero attached hydrogens (tertiary/aromatic N) is 6. The van der Waals surface area contributed by atoms with E-state index in [1.54, 1.807) is 12.3 Å². The monoisotopic (exact) mass is 630 g/mol. The summed E-state index contributed by atoms with van der Waals surface area (Å²) < 4.78 is 43.2. The molecule has 0 amide bonds. The standard InChI is InChI=1S/C35H40F2N6O3/c1-41(21-34(8-4-9-34)42-12-14-45-15-13-42)32-28-19-38-30(27-17-25(44)16-23-6-2-3-7-26(23)27)29(37)31(28)39-33(40-32)46-22-35-10-5-11-43(35)20-24(36)18-35/h2-3,6-7,16-17,19,24,44H,4-5,8-15,18,20-22H2,1H3/t24-,35+/m1/s1. The van der Waals surface area contributed by atoms with Gasteiger partial charge in [-0.3, -0.25) is 14.8 Å². The first-order valence-electron chi connectivity index (χ1n) is 16.5. The summed E-state index contributed by atoms with van der Waals surface area (Å²) in [5.41, 5.74) is 0.282. The number of anilines is 1. The highest BCUT2D eigenvalue weighted by molar-refractivity contribution is 5.99. The number of rotatable bonds is 8. The lowest BCUT2D eigenvalue weighted by molar-refractivity contribution is -0.0516. The molecule has 3 aliphatic heterocycles. The molecule has 0 radical (unpaired) electrons. The normalized spacial score (nSPS) is 24.7. The molecule has 3 saturated heterocycles. The molecular weight excluding hydrogens is 590 g/mol. The fraction of sp³-hybridized carbons (Fsp3) is 0.514. The number of aromatic nitrogens is 3. The third kappa shape index (κ3) is 5.03. The van der Waals surface area contributed by atoms with Crippen LogP contribution in [0.5, 0.6) is 11.8 Å². The number of phenols is 1. The minimum absolute atomic E-state index is 0.00742. The maximum absolute atomic E-state index is 16.8. The number of aromatic hydroxyl groups is 1. The second-order valence-corrected chi connectivity index (χ2v) is 13.6. The molecule has 1 N–H and O–H groups in total. The Hall–Kier alpha value is -3.67. The van der Waals surface area contributed by atoms with Crippen LogP contribution in [0.3, 0.4) is 0 Å². The largest absolute Gasteiger partial charge is 0.508 e. The number of alkyl halides is 1. The predicted octanol–water partition coefficient (Wildman–Crippen LogP) is 5.34. The van der Waals surface area contributed by atoms with Crippen LogP contribution < -0.4 is 9.64 Å². The van der Waals surface area contributed by atoms with Crippen molar-refractivity contribution in [3.05, 3.63) is 48.4 Å². The second-order valence-electron chi connectivity index (χ2n) is 13.6. The lowest BCUT2D eigenvalue weighted by Gasteiger charge is -2.53. The van der Waals surface area contributed by atoms with Gasteiger partial charge in [0.2, 0.25) is 0 Å². The van der Waals surface area contributed by atoms with Crippen LogP contribution in [0.15, 0.2) is 42.6 Å². The van der Waals surface area contributed by atoms with Crippen LogP contribution in [0.4, 0.5) is 14.6 Å². The molecular formula is C35H40F2N6O3. The Bertz CT molecular complexity index is 1780. The molecule has 4 aromatic rings. The number of likely N-dealkylation sites (N-methyl/N-ethyl adjacent to an activating group) is 1. The lowest BCUT2D eigenvalue weighted by Crippen LogP contribution is -2.62. The first kappa shape index (κ1) is 29.7. The first-order valence-corrected chi connectivity index (χ1v) is 16.5. The summed E-state index contributed by atoms with van der Waals surface area (Å²) >= 11 is 0. The Labute approximate surface area is 267 Å². The maximum Gasteiger partial charge on any atom is 0.319 e. The van der Waals surface area contributed by atoms with Crippen LogP contribution in [0.25, 0.3) is 32.9 Å². The van der Waals surface area contributed by atoms with E-state index in [1.807, 2.05) is 31.3 Å². The lowest BCUT2D eigenvalue weighted by atomic mass is 9.74. The highest BCUT2D eigenvalue weighted by atomic mass is 19.1. The third-order valence-corrected chi connectivity index (χ3v) is 10.8. The molecule has 242 valence electrons. The van der Waals surface area contributed by atoms with Gasteiger partial charge in [-0.15, -0.1) is 0 Å². The number of benzene rings is 2. The molecule has 4 fully saturated rings. The zero-order valence-electron chi connectivity index (χ0n) is 26.2. The number of fused-ring (bicyclic) bond motifs is 3. The zero-order valence-corrected chi connectivity index (χ0v) is 26.2. The summed E-state index contributed by atoms with van der Waals surface area (Å²) in [7, 11) is 1.99. The molecule has 4 aliphatic rings. The summed E-state index contributed by atoms with van der Waals surface area (Å²) in [6.45, 7) is 5.44. The molecule has 0 bridgehead atoms. The SMILES string of the molecule is CN(CC1(N2CCOCC2)CCC1)c1nc(OC[C@@]23CCCN2C[C@H](F)C3)nc2c(F)c(-c3cc(O)cc4ccccc34)ncc12. The maximum atomic E-state index is 16.8. The number of halogens is 2. The highest BCUT2D eigenvalue weighted by Gasteiger charge is 2.49. The first-order chi connectivity index (χ1) is 22.3. The van der Waals surface area contributed by atoms with E-state index >= 15 is 4.39 Å². The van der Waals surface area contributed by atoms with Crippen LogP contribution in [-0.2, 0) is 4.74 Å². The van der Waals surface area contributed by atoms with Crippen LogP contribution in [0, 0.1) is 5.82 Å². The van der Waals surface area contributed by atoms with Crippen LogP contribution >= 0.6 is 0 Å². The van der Waals surface area contributed by atoms with E-state index < -0.39 is 17.5 Å².